The Bertz CT molecular complexity index is 540. The number of amides is 2. The van der Waals surface area contributed by atoms with Gasteiger partial charge < -0.3 is 10.4 Å². The lowest BCUT2D eigenvalue weighted by atomic mass is 10.0. The number of carbonyl (C=O) groups excluding carboxylic acids is 2. The number of rotatable bonds is 3. The lowest BCUT2D eigenvalue weighted by Crippen LogP contribution is -2.54. The van der Waals surface area contributed by atoms with Crippen LogP contribution in [0.4, 0.5) is 5.69 Å². The summed E-state index contributed by atoms with van der Waals surface area (Å²) in [6.07, 6.45) is 0.503. The number of para-hydroxylation sites is 1. The lowest BCUT2D eigenvalue weighted by molar-refractivity contribution is -0.127. The van der Waals surface area contributed by atoms with E-state index in [0.29, 0.717) is 6.42 Å². The predicted octanol–water partition coefficient (Wildman–Crippen LogP) is 0.851. The summed E-state index contributed by atoms with van der Waals surface area (Å²) in [5.41, 5.74) is 1.08. The third-order valence-electron chi connectivity index (χ3n) is 3.47. The molecular formula is C15H20N2O3. The zero-order valence-electron chi connectivity index (χ0n) is 12.0. The van der Waals surface area contributed by atoms with Gasteiger partial charge in [0.05, 0.1) is 12.1 Å². The molecule has 1 atom stereocenters. The predicted molar refractivity (Wildman–Crippen MR) is 76.4 cm³/mol. The number of nitrogens with zero attached hydrogens (tertiary/aromatic N) is 1. The second-order valence-corrected chi connectivity index (χ2v) is 5.77. The van der Waals surface area contributed by atoms with Crippen LogP contribution < -0.4 is 10.2 Å². The molecule has 0 fully saturated rings. The molecule has 2 N–H and O–H groups in total. The first kappa shape index (κ1) is 14.5. The highest BCUT2D eigenvalue weighted by molar-refractivity contribution is 6.02. The lowest BCUT2D eigenvalue weighted by Gasteiger charge is -2.29. The number of carbonyl (C=O) groups is 2. The van der Waals surface area contributed by atoms with Crippen molar-refractivity contribution in [1.29, 1.82) is 0 Å². The van der Waals surface area contributed by atoms with Crippen LogP contribution in [0.25, 0.3) is 0 Å². The van der Waals surface area contributed by atoms with Crippen molar-refractivity contribution in [2.45, 2.75) is 38.8 Å². The van der Waals surface area contributed by atoms with Crippen LogP contribution in [0.5, 0.6) is 0 Å². The van der Waals surface area contributed by atoms with Gasteiger partial charge in [-0.05, 0) is 25.5 Å². The van der Waals surface area contributed by atoms with Crippen LogP contribution in [0.3, 0.4) is 0 Å². The van der Waals surface area contributed by atoms with E-state index in [9.17, 15) is 14.7 Å². The van der Waals surface area contributed by atoms with Crippen LogP contribution in [0.2, 0.25) is 0 Å². The molecule has 0 bridgehead atoms. The van der Waals surface area contributed by atoms with E-state index in [1.54, 1.807) is 13.8 Å². The smallest absolute Gasteiger partial charge is 0.244 e. The molecule has 0 radical (unpaired) electrons. The molecule has 5 nitrogen and oxygen atoms in total. The van der Waals surface area contributed by atoms with Gasteiger partial charge in [0.2, 0.25) is 11.8 Å². The van der Waals surface area contributed by atoms with Crippen molar-refractivity contribution in [3.05, 3.63) is 29.8 Å². The Morgan fingerprint density at radius 1 is 1.40 bits per heavy atom. The molecule has 0 saturated carbocycles. The molecule has 1 aliphatic heterocycles. The molecular weight excluding hydrogens is 256 g/mol. The summed E-state index contributed by atoms with van der Waals surface area (Å²) < 4.78 is 0. The van der Waals surface area contributed by atoms with Gasteiger partial charge in [0, 0.05) is 19.0 Å². The Hall–Kier alpha value is -1.88. The Morgan fingerprint density at radius 2 is 2.05 bits per heavy atom. The number of aliphatic hydroxyl groups excluding tert-OH is 1. The number of nitrogens with one attached hydrogen (secondary N) is 1. The minimum atomic E-state index is -0.700. The van der Waals surface area contributed by atoms with E-state index < -0.39 is 11.6 Å². The van der Waals surface area contributed by atoms with E-state index >= 15 is 0 Å². The summed E-state index contributed by atoms with van der Waals surface area (Å²) in [4.78, 5) is 25.8. The fourth-order valence-corrected chi connectivity index (χ4v) is 2.44. The summed E-state index contributed by atoms with van der Waals surface area (Å²) in [6, 6.07) is 6.98. The Balaban J connectivity index is 2.26. The van der Waals surface area contributed by atoms with Crippen molar-refractivity contribution in [1.82, 2.24) is 5.32 Å². The molecule has 5 heteroatoms. The molecule has 1 heterocycles. The van der Waals surface area contributed by atoms with E-state index in [0.717, 1.165) is 11.3 Å². The standard InChI is InChI=1S/C15H20N2O3/c1-10(19)17-12-7-5-4-6-11(12)8-13(17)14(20)16-15(2,3)9-18/h4-7,13,18H,8-9H2,1-3H3,(H,16,20)/t13-/m0/s1. The van der Waals surface area contributed by atoms with Crippen LogP contribution in [0.1, 0.15) is 26.3 Å². The van der Waals surface area contributed by atoms with Gasteiger partial charge in [-0.25, -0.2) is 0 Å². The van der Waals surface area contributed by atoms with Gasteiger partial charge >= 0.3 is 0 Å². The maximum absolute atomic E-state index is 12.4. The van der Waals surface area contributed by atoms with Crippen LogP contribution in [0.15, 0.2) is 24.3 Å². The number of hydrogen-bond donors (Lipinski definition) is 2. The maximum Gasteiger partial charge on any atom is 0.244 e. The zero-order chi connectivity index (χ0) is 14.9. The molecule has 0 aromatic heterocycles. The molecule has 0 aliphatic carbocycles. The van der Waals surface area contributed by atoms with Crippen LogP contribution >= 0.6 is 0 Å². The average Bonchev–Trinajstić information content (AvgIpc) is 2.77. The first-order valence-corrected chi connectivity index (χ1v) is 6.66. The van der Waals surface area contributed by atoms with E-state index in [1.165, 1.54) is 11.8 Å². The maximum atomic E-state index is 12.4. The van der Waals surface area contributed by atoms with Crippen molar-refractivity contribution >= 4 is 17.5 Å². The highest BCUT2D eigenvalue weighted by Crippen LogP contribution is 2.32. The van der Waals surface area contributed by atoms with Crippen molar-refractivity contribution in [3.63, 3.8) is 0 Å². The van der Waals surface area contributed by atoms with Gasteiger partial charge in [0.15, 0.2) is 0 Å². The second kappa shape index (κ2) is 5.25. The Labute approximate surface area is 118 Å². The summed E-state index contributed by atoms with van der Waals surface area (Å²) in [5.74, 6) is -0.396. The van der Waals surface area contributed by atoms with Crippen molar-refractivity contribution in [3.8, 4) is 0 Å². The number of hydrogen-bond acceptors (Lipinski definition) is 3. The van der Waals surface area contributed by atoms with Gasteiger partial charge in [-0.3, -0.25) is 14.5 Å². The van der Waals surface area contributed by atoms with Crippen LogP contribution in [-0.4, -0.2) is 35.1 Å². The molecule has 2 amide bonds. The monoisotopic (exact) mass is 276 g/mol. The van der Waals surface area contributed by atoms with Gasteiger partial charge in [0.1, 0.15) is 6.04 Å². The van der Waals surface area contributed by atoms with Gasteiger partial charge in [-0.1, -0.05) is 18.2 Å². The SMILES string of the molecule is CC(=O)N1c2ccccc2C[C@H]1C(=O)NC(C)(C)CO. The van der Waals surface area contributed by atoms with E-state index in [1.807, 2.05) is 24.3 Å². The Kier molecular flexibility index (Phi) is 3.81. The minimum Gasteiger partial charge on any atom is -0.394 e. The summed E-state index contributed by atoms with van der Waals surface area (Å²) in [6.45, 7) is 4.79. The third kappa shape index (κ3) is 2.67. The van der Waals surface area contributed by atoms with Crippen LogP contribution in [0, 0.1) is 0 Å². The third-order valence-corrected chi connectivity index (χ3v) is 3.47. The van der Waals surface area contributed by atoms with Gasteiger partial charge in [0.25, 0.3) is 0 Å². The number of aliphatic hydroxyl groups is 1. The van der Waals surface area contributed by atoms with Crippen LogP contribution in [-0.2, 0) is 16.0 Å². The first-order chi connectivity index (χ1) is 9.35. The molecule has 0 unspecified atom stereocenters. The van der Waals surface area contributed by atoms with E-state index in [2.05, 4.69) is 5.32 Å². The quantitative estimate of drug-likeness (QED) is 0.860. The summed E-state index contributed by atoms with van der Waals surface area (Å²) >= 11 is 0. The topological polar surface area (TPSA) is 69.6 Å². The highest BCUT2D eigenvalue weighted by atomic mass is 16.3. The Morgan fingerprint density at radius 3 is 2.65 bits per heavy atom. The first-order valence-electron chi connectivity index (χ1n) is 6.66. The van der Waals surface area contributed by atoms with Crippen molar-refractivity contribution in [2.75, 3.05) is 11.5 Å². The molecule has 1 aliphatic rings. The largest absolute Gasteiger partial charge is 0.394 e. The van der Waals surface area contributed by atoms with Gasteiger partial charge in [-0.2, -0.15) is 0 Å². The molecule has 2 rings (SSSR count). The molecule has 108 valence electrons. The van der Waals surface area contributed by atoms with E-state index in [4.69, 9.17) is 0 Å². The molecule has 1 aromatic rings. The number of benzene rings is 1. The highest BCUT2D eigenvalue weighted by Gasteiger charge is 2.38. The minimum absolute atomic E-state index is 0.154. The zero-order valence-corrected chi connectivity index (χ0v) is 12.0. The number of anilines is 1. The summed E-state index contributed by atoms with van der Waals surface area (Å²) in [5, 5.41) is 12.0. The fourth-order valence-electron chi connectivity index (χ4n) is 2.44. The average molecular weight is 276 g/mol. The second-order valence-electron chi connectivity index (χ2n) is 5.77. The van der Waals surface area contributed by atoms with E-state index in [-0.39, 0.29) is 18.4 Å². The molecule has 1 aromatic carbocycles. The fraction of sp³-hybridized carbons (Fsp3) is 0.467. The molecule has 0 spiro atoms. The number of fused-ring (bicyclic) bond motifs is 1. The van der Waals surface area contributed by atoms with Crippen molar-refractivity contribution < 1.29 is 14.7 Å². The normalized spacial score (nSPS) is 17.8. The summed E-state index contributed by atoms with van der Waals surface area (Å²) in [7, 11) is 0. The molecule has 0 saturated heterocycles. The molecule has 20 heavy (non-hydrogen) atoms. The van der Waals surface area contributed by atoms with Gasteiger partial charge in [-0.15, -0.1) is 0 Å². The van der Waals surface area contributed by atoms with Crippen molar-refractivity contribution in [2.24, 2.45) is 0 Å².